The summed E-state index contributed by atoms with van der Waals surface area (Å²) in [5, 5.41) is 2.84. The van der Waals surface area contributed by atoms with E-state index in [2.05, 4.69) is 12.1 Å². The van der Waals surface area contributed by atoms with Crippen molar-refractivity contribution in [3.8, 4) is 17.2 Å². The molecule has 0 unspecified atom stereocenters. The summed E-state index contributed by atoms with van der Waals surface area (Å²) in [5.74, 6) is 1.94. The summed E-state index contributed by atoms with van der Waals surface area (Å²) in [6, 6.07) is 17.9. The van der Waals surface area contributed by atoms with Crippen LogP contribution in [0.5, 0.6) is 17.2 Å². The molecule has 3 aromatic carbocycles. The number of fused-ring (bicyclic) bond motifs is 1. The number of nitrogens with two attached hydrogens (primary N) is 1. The lowest BCUT2D eigenvalue weighted by Crippen LogP contribution is -2.10. The van der Waals surface area contributed by atoms with Crippen molar-refractivity contribution in [2.24, 2.45) is 5.73 Å². The zero-order chi connectivity index (χ0) is 18.4. The smallest absolute Gasteiger partial charge is 0.179 e. The van der Waals surface area contributed by atoms with E-state index >= 15 is 0 Å². The number of hydrogen-bond donors (Lipinski definition) is 1. The Morgan fingerprint density at radius 3 is 2.46 bits per heavy atom. The molecule has 4 nitrogen and oxygen atoms in total. The van der Waals surface area contributed by atoms with Gasteiger partial charge in [0.2, 0.25) is 0 Å². The second-order valence-electron chi connectivity index (χ2n) is 5.85. The fourth-order valence-electron chi connectivity index (χ4n) is 2.78. The molecule has 3 rings (SSSR count). The van der Waals surface area contributed by atoms with Crippen LogP contribution in [0.15, 0.2) is 54.6 Å². The number of halogens is 1. The molecule has 26 heavy (non-hydrogen) atoms. The average molecular weight is 372 g/mol. The van der Waals surface area contributed by atoms with E-state index in [0.29, 0.717) is 36.3 Å². The maximum absolute atomic E-state index is 6.32. The molecule has 0 aliphatic rings. The Morgan fingerprint density at radius 1 is 0.923 bits per heavy atom. The summed E-state index contributed by atoms with van der Waals surface area (Å²) < 4.78 is 17.0. The first-order valence-corrected chi connectivity index (χ1v) is 8.90. The van der Waals surface area contributed by atoms with Gasteiger partial charge in [0, 0.05) is 0 Å². The van der Waals surface area contributed by atoms with Crippen molar-refractivity contribution in [1.29, 1.82) is 0 Å². The highest BCUT2D eigenvalue weighted by Gasteiger charge is 2.12. The van der Waals surface area contributed by atoms with Gasteiger partial charge in [-0.25, -0.2) is 0 Å². The van der Waals surface area contributed by atoms with Gasteiger partial charge in [0.05, 0.1) is 12.1 Å². The van der Waals surface area contributed by atoms with Crippen molar-refractivity contribution >= 4 is 22.4 Å². The lowest BCUT2D eigenvalue weighted by atomic mass is 10.1. The predicted molar refractivity (Wildman–Crippen MR) is 106 cm³/mol. The van der Waals surface area contributed by atoms with Crippen LogP contribution in [0, 0.1) is 0 Å². The molecular formula is C21H22ClNO3. The molecule has 0 atom stereocenters. The van der Waals surface area contributed by atoms with E-state index in [9.17, 15) is 0 Å². The van der Waals surface area contributed by atoms with Crippen LogP contribution in [0.2, 0.25) is 5.02 Å². The maximum atomic E-state index is 6.32. The van der Waals surface area contributed by atoms with Crippen molar-refractivity contribution in [2.75, 3.05) is 26.9 Å². The molecule has 136 valence electrons. The van der Waals surface area contributed by atoms with Gasteiger partial charge in [-0.1, -0.05) is 41.9 Å². The van der Waals surface area contributed by atoms with Crippen LogP contribution in [-0.2, 0) is 6.42 Å². The fourth-order valence-corrected chi connectivity index (χ4v) is 3.07. The molecule has 0 spiro atoms. The number of hydrogen-bond acceptors (Lipinski definition) is 4. The summed E-state index contributed by atoms with van der Waals surface area (Å²) in [6.45, 7) is 1.32. The third-order valence-corrected chi connectivity index (χ3v) is 4.32. The Hall–Kier alpha value is -2.43. The second kappa shape index (κ2) is 8.79. The summed E-state index contributed by atoms with van der Waals surface area (Å²) in [7, 11) is 1.59. The van der Waals surface area contributed by atoms with E-state index in [1.807, 2.05) is 42.5 Å². The van der Waals surface area contributed by atoms with Crippen LogP contribution in [0.1, 0.15) is 5.56 Å². The Bertz CT molecular complexity index is 882. The largest absolute Gasteiger partial charge is 0.493 e. The van der Waals surface area contributed by atoms with E-state index in [-0.39, 0.29) is 0 Å². The van der Waals surface area contributed by atoms with Gasteiger partial charge in [-0.15, -0.1) is 0 Å². The first-order chi connectivity index (χ1) is 12.7. The molecule has 0 saturated heterocycles. The molecule has 0 bridgehead atoms. The molecule has 0 heterocycles. The van der Waals surface area contributed by atoms with E-state index in [4.69, 9.17) is 31.5 Å². The van der Waals surface area contributed by atoms with E-state index in [0.717, 1.165) is 23.1 Å². The first kappa shape index (κ1) is 18.4. The van der Waals surface area contributed by atoms with Crippen LogP contribution in [0.4, 0.5) is 0 Å². The van der Waals surface area contributed by atoms with Crippen molar-refractivity contribution < 1.29 is 14.2 Å². The van der Waals surface area contributed by atoms with Gasteiger partial charge in [-0.05, 0) is 53.6 Å². The van der Waals surface area contributed by atoms with Gasteiger partial charge < -0.3 is 19.9 Å². The van der Waals surface area contributed by atoms with Crippen molar-refractivity contribution in [2.45, 2.75) is 6.42 Å². The van der Waals surface area contributed by atoms with Gasteiger partial charge in [-0.2, -0.15) is 0 Å². The molecule has 3 aromatic rings. The zero-order valence-electron chi connectivity index (χ0n) is 14.7. The highest BCUT2D eigenvalue weighted by molar-refractivity contribution is 6.32. The van der Waals surface area contributed by atoms with Crippen LogP contribution in [0.25, 0.3) is 10.8 Å². The van der Waals surface area contributed by atoms with Crippen molar-refractivity contribution in [3.05, 3.63) is 65.2 Å². The van der Waals surface area contributed by atoms with Crippen molar-refractivity contribution in [3.63, 3.8) is 0 Å². The van der Waals surface area contributed by atoms with E-state index < -0.39 is 0 Å². The molecule has 0 radical (unpaired) electrons. The summed E-state index contributed by atoms with van der Waals surface area (Å²) >= 11 is 6.32. The lowest BCUT2D eigenvalue weighted by molar-refractivity contribution is 0.211. The highest BCUT2D eigenvalue weighted by atomic mass is 35.5. The maximum Gasteiger partial charge on any atom is 0.179 e. The summed E-state index contributed by atoms with van der Waals surface area (Å²) in [4.78, 5) is 0. The lowest BCUT2D eigenvalue weighted by Gasteiger charge is -2.14. The third-order valence-electron chi connectivity index (χ3n) is 4.04. The van der Waals surface area contributed by atoms with E-state index in [1.54, 1.807) is 7.11 Å². The number of methoxy groups -OCH3 is 1. The standard InChI is InChI=1S/C21H22ClNO3/c1-24-20-13-15(8-9-23)12-19(22)21(20)26-11-10-25-18-7-6-16-4-2-3-5-17(16)14-18/h2-7,12-14H,8-11,23H2,1H3. The molecule has 2 N–H and O–H groups in total. The first-order valence-electron chi connectivity index (χ1n) is 8.52. The molecule has 0 aliphatic heterocycles. The minimum Gasteiger partial charge on any atom is -0.493 e. The van der Waals surface area contributed by atoms with Crippen LogP contribution < -0.4 is 19.9 Å². The Balaban J connectivity index is 1.60. The monoisotopic (exact) mass is 371 g/mol. The fraction of sp³-hybridized carbons (Fsp3) is 0.238. The van der Waals surface area contributed by atoms with Crippen LogP contribution in [-0.4, -0.2) is 26.9 Å². The molecular weight excluding hydrogens is 350 g/mol. The van der Waals surface area contributed by atoms with Gasteiger partial charge >= 0.3 is 0 Å². The Labute approximate surface area is 158 Å². The normalized spacial score (nSPS) is 10.7. The molecule has 0 aliphatic carbocycles. The van der Waals surface area contributed by atoms with Crippen molar-refractivity contribution in [1.82, 2.24) is 0 Å². The molecule has 0 amide bonds. The third kappa shape index (κ3) is 4.40. The molecule has 0 saturated carbocycles. The van der Waals surface area contributed by atoms with Gasteiger partial charge in [0.25, 0.3) is 0 Å². The minimum atomic E-state index is 0.360. The van der Waals surface area contributed by atoms with Gasteiger partial charge in [0.1, 0.15) is 19.0 Å². The second-order valence-corrected chi connectivity index (χ2v) is 6.26. The van der Waals surface area contributed by atoms with E-state index in [1.165, 1.54) is 5.39 Å². The number of benzene rings is 3. The quantitative estimate of drug-likeness (QED) is 0.594. The SMILES string of the molecule is COc1cc(CCN)cc(Cl)c1OCCOc1ccc2ccccc2c1. The number of ether oxygens (including phenoxy) is 3. The Morgan fingerprint density at radius 2 is 1.69 bits per heavy atom. The molecule has 0 aromatic heterocycles. The zero-order valence-corrected chi connectivity index (χ0v) is 15.5. The molecule has 0 fully saturated rings. The predicted octanol–water partition coefficient (Wildman–Crippen LogP) is 4.46. The minimum absolute atomic E-state index is 0.360. The number of rotatable bonds is 8. The highest BCUT2D eigenvalue weighted by Crippen LogP contribution is 2.36. The van der Waals surface area contributed by atoms with Crippen LogP contribution >= 0.6 is 11.6 Å². The summed E-state index contributed by atoms with van der Waals surface area (Å²) in [5.41, 5.74) is 6.62. The van der Waals surface area contributed by atoms with Gasteiger partial charge in [-0.3, -0.25) is 0 Å². The van der Waals surface area contributed by atoms with Gasteiger partial charge in [0.15, 0.2) is 11.5 Å². The average Bonchev–Trinajstić information content (AvgIpc) is 2.66. The topological polar surface area (TPSA) is 53.7 Å². The molecule has 5 heteroatoms. The Kier molecular flexibility index (Phi) is 6.21. The van der Waals surface area contributed by atoms with Crippen LogP contribution in [0.3, 0.4) is 0 Å². The summed E-state index contributed by atoms with van der Waals surface area (Å²) in [6.07, 6.45) is 0.738.